The van der Waals surface area contributed by atoms with Crippen molar-refractivity contribution in [2.75, 3.05) is 13.6 Å². The molecule has 0 unspecified atom stereocenters. The van der Waals surface area contributed by atoms with Gasteiger partial charge >= 0.3 is 0 Å². The van der Waals surface area contributed by atoms with Crippen molar-refractivity contribution in [2.45, 2.75) is 52.0 Å². The van der Waals surface area contributed by atoms with Crippen molar-refractivity contribution in [2.24, 2.45) is 0 Å². The second-order valence-corrected chi connectivity index (χ2v) is 7.85. The summed E-state index contributed by atoms with van der Waals surface area (Å²) < 4.78 is 26.6. The van der Waals surface area contributed by atoms with Crippen LogP contribution in [0, 0.1) is 20.8 Å². The van der Waals surface area contributed by atoms with Crippen LogP contribution in [0.5, 0.6) is 0 Å². The number of carbonyl (C=O) groups is 1. The topological polar surface area (TPSA) is 66.5 Å². The van der Waals surface area contributed by atoms with Crippen molar-refractivity contribution < 1.29 is 13.2 Å². The average molecular weight is 326 g/mol. The maximum Gasteiger partial charge on any atom is 0.243 e. The van der Waals surface area contributed by atoms with E-state index in [-0.39, 0.29) is 23.4 Å². The van der Waals surface area contributed by atoms with Gasteiger partial charge in [0, 0.05) is 13.1 Å². The Morgan fingerprint density at radius 1 is 1.23 bits per heavy atom. The normalized spacial score (nSPS) is 13.2. The first-order valence-corrected chi connectivity index (χ1v) is 8.87. The smallest absolute Gasteiger partial charge is 0.243 e. The van der Waals surface area contributed by atoms with Crippen molar-refractivity contribution in [3.63, 3.8) is 0 Å². The van der Waals surface area contributed by atoms with Crippen LogP contribution in [0.2, 0.25) is 0 Å². The summed E-state index contributed by atoms with van der Waals surface area (Å²) in [7, 11) is -2.25. The highest BCUT2D eigenvalue weighted by Gasteiger charge is 2.26. The second kappa shape index (κ2) is 7.24. The van der Waals surface area contributed by atoms with Gasteiger partial charge in [-0.1, -0.05) is 24.6 Å². The number of hydrogen-bond acceptors (Lipinski definition) is 3. The summed E-state index contributed by atoms with van der Waals surface area (Å²) in [5.41, 5.74) is 2.42. The number of nitrogens with zero attached hydrogens (tertiary/aromatic N) is 1. The van der Waals surface area contributed by atoms with Gasteiger partial charge in [0.15, 0.2) is 0 Å². The van der Waals surface area contributed by atoms with Crippen LogP contribution in [0.3, 0.4) is 0 Å². The van der Waals surface area contributed by atoms with E-state index in [9.17, 15) is 13.2 Å². The monoisotopic (exact) mass is 326 g/mol. The van der Waals surface area contributed by atoms with Crippen LogP contribution >= 0.6 is 0 Å². The SMILES string of the molecule is CC[C@H](C)NC(=O)CN(C)S(=O)(=O)c1c(C)cc(C)cc1C. The number of likely N-dealkylation sites (N-methyl/N-ethyl adjacent to an activating group) is 1. The summed E-state index contributed by atoms with van der Waals surface area (Å²) in [6.07, 6.45) is 0.804. The lowest BCUT2D eigenvalue weighted by Crippen LogP contribution is -2.41. The first-order chi connectivity index (χ1) is 10.1. The molecular weight excluding hydrogens is 300 g/mol. The van der Waals surface area contributed by atoms with Gasteiger partial charge in [0.05, 0.1) is 11.4 Å². The van der Waals surface area contributed by atoms with E-state index in [4.69, 9.17) is 0 Å². The summed E-state index contributed by atoms with van der Waals surface area (Å²) in [6.45, 7) is 9.16. The molecule has 1 rings (SSSR count). The molecule has 6 heteroatoms. The molecule has 0 aliphatic rings. The molecule has 1 aromatic carbocycles. The van der Waals surface area contributed by atoms with Crippen LogP contribution in [0.25, 0.3) is 0 Å². The van der Waals surface area contributed by atoms with E-state index in [2.05, 4.69) is 5.32 Å². The number of sulfonamides is 1. The Labute approximate surface area is 133 Å². The Morgan fingerprint density at radius 3 is 2.18 bits per heavy atom. The summed E-state index contributed by atoms with van der Waals surface area (Å²) in [6, 6.07) is 3.71. The van der Waals surface area contributed by atoms with Crippen molar-refractivity contribution in [1.82, 2.24) is 9.62 Å². The van der Waals surface area contributed by atoms with Crippen LogP contribution in [0.1, 0.15) is 37.0 Å². The minimum atomic E-state index is -3.68. The molecule has 0 fully saturated rings. The number of aryl methyl sites for hydroxylation is 3. The van der Waals surface area contributed by atoms with E-state index in [1.807, 2.05) is 32.9 Å². The number of carbonyl (C=O) groups excluding carboxylic acids is 1. The molecule has 1 N–H and O–H groups in total. The summed E-state index contributed by atoms with van der Waals surface area (Å²) in [5, 5.41) is 2.78. The maximum absolute atomic E-state index is 12.7. The van der Waals surface area contributed by atoms with Gasteiger partial charge in [0.2, 0.25) is 15.9 Å². The fourth-order valence-electron chi connectivity index (χ4n) is 2.44. The fourth-order valence-corrected chi connectivity index (χ4v) is 3.97. The minimum absolute atomic E-state index is 0.0338. The average Bonchev–Trinajstić information content (AvgIpc) is 2.36. The van der Waals surface area contributed by atoms with Crippen molar-refractivity contribution in [3.8, 4) is 0 Å². The lowest BCUT2D eigenvalue weighted by atomic mass is 10.1. The molecular formula is C16H26N2O3S. The highest BCUT2D eigenvalue weighted by Crippen LogP contribution is 2.24. The van der Waals surface area contributed by atoms with Crippen molar-refractivity contribution in [1.29, 1.82) is 0 Å². The Hall–Kier alpha value is -1.40. The zero-order chi connectivity index (χ0) is 17.1. The molecule has 0 aliphatic carbocycles. The third kappa shape index (κ3) is 4.30. The molecule has 22 heavy (non-hydrogen) atoms. The molecule has 0 aromatic heterocycles. The van der Waals surface area contributed by atoms with Gasteiger partial charge in [-0.3, -0.25) is 4.79 Å². The van der Waals surface area contributed by atoms with Gasteiger partial charge in [0.1, 0.15) is 0 Å². The minimum Gasteiger partial charge on any atom is -0.353 e. The van der Waals surface area contributed by atoms with Gasteiger partial charge in [-0.05, 0) is 45.2 Å². The molecule has 0 heterocycles. The first kappa shape index (κ1) is 18.6. The van der Waals surface area contributed by atoms with Crippen LogP contribution in [0.15, 0.2) is 17.0 Å². The first-order valence-electron chi connectivity index (χ1n) is 7.43. The van der Waals surface area contributed by atoms with Crippen molar-refractivity contribution >= 4 is 15.9 Å². The zero-order valence-electron chi connectivity index (χ0n) is 14.2. The predicted octanol–water partition coefficient (Wildman–Crippen LogP) is 2.15. The fraction of sp³-hybridized carbons (Fsp3) is 0.562. The molecule has 5 nitrogen and oxygen atoms in total. The lowest BCUT2D eigenvalue weighted by Gasteiger charge is -2.21. The Bertz CT molecular complexity index is 630. The zero-order valence-corrected chi connectivity index (χ0v) is 15.0. The number of nitrogens with one attached hydrogen (secondary N) is 1. The largest absolute Gasteiger partial charge is 0.353 e. The number of hydrogen-bond donors (Lipinski definition) is 1. The van der Waals surface area contributed by atoms with Crippen molar-refractivity contribution in [3.05, 3.63) is 28.8 Å². The van der Waals surface area contributed by atoms with Crippen LogP contribution in [-0.4, -0.2) is 38.3 Å². The van der Waals surface area contributed by atoms with Crippen LogP contribution in [-0.2, 0) is 14.8 Å². The molecule has 0 saturated carbocycles. The van der Waals surface area contributed by atoms with E-state index >= 15 is 0 Å². The standard InChI is InChI=1S/C16H26N2O3S/c1-7-14(5)17-15(19)10-18(6)22(20,21)16-12(3)8-11(2)9-13(16)4/h8-9,14H,7,10H2,1-6H3,(H,17,19)/t14-/m0/s1. The lowest BCUT2D eigenvalue weighted by molar-refractivity contribution is -0.121. The van der Waals surface area contributed by atoms with Gasteiger partial charge in [-0.15, -0.1) is 0 Å². The summed E-state index contributed by atoms with van der Waals surface area (Å²) in [5.74, 6) is -0.289. The van der Waals surface area contributed by atoms with E-state index in [0.717, 1.165) is 16.3 Å². The van der Waals surface area contributed by atoms with Gasteiger partial charge in [-0.25, -0.2) is 8.42 Å². The Morgan fingerprint density at radius 2 is 1.73 bits per heavy atom. The van der Waals surface area contributed by atoms with E-state index in [0.29, 0.717) is 11.1 Å². The maximum atomic E-state index is 12.7. The van der Waals surface area contributed by atoms with Crippen LogP contribution in [0.4, 0.5) is 0 Å². The van der Waals surface area contributed by atoms with Gasteiger partial charge in [0.25, 0.3) is 0 Å². The molecule has 1 amide bonds. The van der Waals surface area contributed by atoms with E-state index in [1.165, 1.54) is 7.05 Å². The Balaban J connectivity index is 3.02. The molecule has 0 aliphatic heterocycles. The molecule has 1 atom stereocenters. The number of rotatable bonds is 6. The Kier molecular flexibility index (Phi) is 6.14. The summed E-state index contributed by atoms with van der Waals surface area (Å²) >= 11 is 0. The van der Waals surface area contributed by atoms with E-state index < -0.39 is 10.0 Å². The molecule has 0 saturated heterocycles. The molecule has 124 valence electrons. The predicted molar refractivity (Wildman–Crippen MR) is 88.4 cm³/mol. The number of amides is 1. The molecule has 1 aromatic rings. The van der Waals surface area contributed by atoms with Gasteiger partial charge in [-0.2, -0.15) is 4.31 Å². The van der Waals surface area contributed by atoms with Gasteiger partial charge < -0.3 is 5.32 Å². The second-order valence-electron chi connectivity index (χ2n) is 5.87. The highest BCUT2D eigenvalue weighted by molar-refractivity contribution is 7.89. The quantitative estimate of drug-likeness (QED) is 0.871. The molecule has 0 bridgehead atoms. The third-order valence-electron chi connectivity index (χ3n) is 3.66. The third-order valence-corrected chi connectivity index (χ3v) is 5.77. The highest BCUT2D eigenvalue weighted by atomic mass is 32.2. The number of benzene rings is 1. The summed E-state index contributed by atoms with van der Waals surface area (Å²) in [4.78, 5) is 12.2. The molecule has 0 spiro atoms. The van der Waals surface area contributed by atoms with E-state index in [1.54, 1.807) is 13.8 Å². The van der Waals surface area contributed by atoms with Crippen LogP contribution < -0.4 is 5.32 Å². The molecule has 0 radical (unpaired) electrons.